The predicted octanol–water partition coefficient (Wildman–Crippen LogP) is 3.85. The Morgan fingerprint density at radius 2 is 1.90 bits per heavy atom. The third-order valence-corrected chi connectivity index (χ3v) is 5.97. The fourth-order valence-corrected chi connectivity index (χ4v) is 4.23. The van der Waals surface area contributed by atoms with Crippen molar-refractivity contribution in [2.75, 3.05) is 38.2 Å². The van der Waals surface area contributed by atoms with Crippen molar-refractivity contribution in [2.24, 2.45) is 0 Å². The van der Waals surface area contributed by atoms with Crippen LogP contribution in [0.15, 0.2) is 53.9 Å². The van der Waals surface area contributed by atoms with Crippen LogP contribution in [0.4, 0.5) is 10.1 Å². The van der Waals surface area contributed by atoms with E-state index in [0.29, 0.717) is 13.1 Å². The van der Waals surface area contributed by atoms with Gasteiger partial charge >= 0.3 is 0 Å². The van der Waals surface area contributed by atoms with E-state index in [1.165, 1.54) is 23.5 Å². The van der Waals surface area contributed by atoms with Crippen LogP contribution in [0.5, 0.6) is 5.75 Å². The fourth-order valence-electron chi connectivity index (χ4n) is 3.40. The lowest BCUT2D eigenvalue weighted by Gasteiger charge is -2.36. The summed E-state index contributed by atoms with van der Waals surface area (Å²) in [5, 5.41) is 2.71. The van der Waals surface area contributed by atoms with Crippen molar-refractivity contribution < 1.29 is 13.9 Å². The molecule has 1 amide bonds. The lowest BCUT2D eigenvalue weighted by atomic mass is 10.2. The molecule has 1 aliphatic heterocycles. The van der Waals surface area contributed by atoms with Crippen molar-refractivity contribution in [3.8, 4) is 16.3 Å². The molecule has 3 aromatic rings. The van der Waals surface area contributed by atoms with E-state index in [4.69, 9.17) is 4.74 Å². The van der Waals surface area contributed by atoms with Gasteiger partial charge in [0.1, 0.15) is 16.6 Å². The van der Waals surface area contributed by atoms with Crippen molar-refractivity contribution in [3.05, 3.63) is 65.4 Å². The Labute approximate surface area is 173 Å². The average molecular weight is 412 g/mol. The molecular weight excluding hydrogens is 389 g/mol. The molecule has 150 valence electrons. The first kappa shape index (κ1) is 19.4. The Kier molecular flexibility index (Phi) is 5.76. The molecule has 0 bridgehead atoms. The Hall–Kier alpha value is -2.93. The quantitative estimate of drug-likeness (QED) is 0.640. The molecule has 2 aromatic carbocycles. The lowest BCUT2D eigenvalue weighted by Crippen LogP contribution is -2.49. The smallest absolute Gasteiger partial charge is 0.228 e. The van der Waals surface area contributed by atoms with E-state index < -0.39 is 0 Å². The summed E-state index contributed by atoms with van der Waals surface area (Å²) in [6.45, 7) is 2.95. The topological polar surface area (TPSA) is 45.7 Å². The number of carbonyl (C=O) groups is 1. The van der Waals surface area contributed by atoms with Crippen LogP contribution in [0, 0.1) is 5.82 Å². The van der Waals surface area contributed by atoms with Gasteiger partial charge < -0.3 is 14.5 Å². The van der Waals surface area contributed by atoms with Crippen LogP contribution in [0.25, 0.3) is 10.6 Å². The second kappa shape index (κ2) is 8.61. The number of anilines is 1. The van der Waals surface area contributed by atoms with Gasteiger partial charge in [-0.25, -0.2) is 9.37 Å². The summed E-state index contributed by atoms with van der Waals surface area (Å²) in [5.74, 6) is 0.654. The van der Waals surface area contributed by atoms with Gasteiger partial charge in [0, 0.05) is 48.9 Å². The van der Waals surface area contributed by atoms with Gasteiger partial charge in [0.2, 0.25) is 5.91 Å². The first-order chi connectivity index (χ1) is 14.1. The van der Waals surface area contributed by atoms with E-state index in [9.17, 15) is 9.18 Å². The maximum Gasteiger partial charge on any atom is 0.228 e. The number of piperazine rings is 1. The number of carbonyl (C=O) groups excluding carboxylic acids is 1. The molecule has 0 saturated carbocycles. The fraction of sp³-hybridized carbons (Fsp3) is 0.273. The summed E-state index contributed by atoms with van der Waals surface area (Å²) >= 11 is 1.47. The molecule has 0 unspecified atom stereocenters. The van der Waals surface area contributed by atoms with E-state index >= 15 is 0 Å². The van der Waals surface area contributed by atoms with E-state index in [1.54, 1.807) is 19.2 Å². The zero-order valence-corrected chi connectivity index (χ0v) is 17.0. The molecule has 7 heteroatoms. The SMILES string of the molecule is COc1cccc(N2CCN(C(=O)Cc3csc(-c4ccc(F)cc4)n3)CC2)c1. The van der Waals surface area contributed by atoms with Crippen molar-refractivity contribution in [3.63, 3.8) is 0 Å². The zero-order chi connectivity index (χ0) is 20.2. The van der Waals surface area contributed by atoms with Crippen LogP contribution in [0.1, 0.15) is 5.69 Å². The van der Waals surface area contributed by atoms with Crippen molar-refractivity contribution >= 4 is 22.9 Å². The van der Waals surface area contributed by atoms with Gasteiger partial charge in [-0.3, -0.25) is 4.79 Å². The van der Waals surface area contributed by atoms with Crippen molar-refractivity contribution in [1.29, 1.82) is 0 Å². The van der Waals surface area contributed by atoms with E-state index in [2.05, 4.69) is 16.0 Å². The summed E-state index contributed by atoms with van der Waals surface area (Å²) in [5.41, 5.74) is 2.73. The second-order valence-corrected chi connectivity index (χ2v) is 7.76. The number of benzene rings is 2. The molecule has 0 aliphatic carbocycles. The Morgan fingerprint density at radius 3 is 2.62 bits per heavy atom. The van der Waals surface area contributed by atoms with Crippen molar-refractivity contribution in [1.82, 2.24) is 9.88 Å². The van der Waals surface area contributed by atoms with Gasteiger partial charge in [-0.05, 0) is 36.4 Å². The highest BCUT2D eigenvalue weighted by molar-refractivity contribution is 7.13. The number of methoxy groups -OCH3 is 1. The second-order valence-electron chi connectivity index (χ2n) is 6.90. The highest BCUT2D eigenvalue weighted by atomic mass is 32.1. The minimum absolute atomic E-state index is 0.0891. The number of aromatic nitrogens is 1. The minimum Gasteiger partial charge on any atom is -0.497 e. The standard InChI is InChI=1S/C22H22FN3O2S/c1-28-20-4-2-3-19(14-20)25-9-11-26(12-10-25)21(27)13-18-15-29-22(24-18)16-5-7-17(23)8-6-16/h2-8,14-15H,9-13H2,1H3. The molecule has 1 fully saturated rings. The van der Waals surface area contributed by atoms with Gasteiger partial charge in [0.05, 0.1) is 19.2 Å². The van der Waals surface area contributed by atoms with Crippen LogP contribution in [0.2, 0.25) is 0 Å². The number of rotatable bonds is 5. The van der Waals surface area contributed by atoms with Gasteiger partial charge in [-0.1, -0.05) is 6.07 Å². The third-order valence-electron chi connectivity index (χ3n) is 5.03. The molecule has 5 nitrogen and oxygen atoms in total. The Morgan fingerprint density at radius 1 is 1.14 bits per heavy atom. The molecule has 0 N–H and O–H groups in total. The summed E-state index contributed by atoms with van der Waals surface area (Å²) in [6, 6.07) is 14.2. The molecule has 1 aromatic heterocycles. The van der Waals surface area contributed by atoms with E-state index in [-0.39, 0.29) is 18.1 Å². The maximum atomic E-state index is 13.1. The largest absolute Gasteiger partial charge is 0.497 e. The molecular formula is C22H22FN3O2S. The normalized spacial score (nSPS) is 14.1. The molecule has 4 rings (SSSR count). The molecule has 2 heterocycles. The molecule has 1 aliphatic rings. The van der Waals surface area contributed by atoms with Gasteiger partial charge in [0.15, 0.2) is 0 Å². The van der Waals surface area contributed by atoms with E-state index in [1.807, 2.05) is 28.5 Å². The van der Waals surface area contributed by atoms with E-state index in [0.717, 1.165) is 40.8 Å². The summed E-state index contributed by atoms with van der Waals surface area (Å²) in [7, 11) is 1.66. The summed E-state index contributed by atoms with van der Waals surface area (Å²) < 4.78 is 18.4. The van der Waals surface area contributed by atoms with Crippen molar-refractivity contribution in [2.45, 2.75) is 6.42 Å². The number of amides is 1. The molecule has 0 atom stereocenters. The number of nitrogens with zero attached hydrogens (tertiary/aromatic N) is 3. The lowest BCUT2D eigenvalue weighted by molar-refractivity contribution is -0.130. The summed E-state index contributed by atoms with van der Waals surface area (Å²) in [6.07, 6.45) is 0.289. The molecule has 1 saturated heterocycles. The zero-order valence-electron chi connectivity index (χ0n) is 16.2. The first-order valence-electron chi connectivity index (χ1n) is 9.49. The third kappa shape index (κ3) is 4.56. The average Bonchev–Trinajstić information content (AvgIpc) is 3.23. The summed E-state index contributed by atoms with van der Waals surface area (Å²) in [4.78, 5) is 21.4. The van der Waals surface area contributed by atoms with Crippen LogP contribution in [-0.4, -0.2) is 49.1 Å². The monoisotopic (exact) mass is 411 g/mol. The van der Waals surface area contributed by atoms with Crippen LogP contribution < -0.4 is 9.64 Å². The molecule has 0 radical (unpaired) electrons. The minimum atomic E-state index is -0.270. The van der Waals surface area contributed by atoms with Gasteiger partial charge in [-0.2, -0.15) is 0 Å². The predicted molar refractivity (Wildman–Crippen MR) is 113 cm³/mol. The number of halogens is 1. The van der Waals surface area contributed by atoms with Gasteiger partial charge in [0.25, 0.3) is 0 Å². The number of hydrogen-bond acceptors (Lipinski definition) is 5. The molecule has 0 spiro atoms. The van der Waals surface area contributed by atoms with Crippen LogP contribution >= 0.6 is 11.3 Å². The number of thiazole rings is 1. The number of ether oxygens (including phenoxy) is 1. The molecule has 29 heavy (non-hydrogen) atoms. The number of hydrogen-bond donors (Lipinski definition) is 0. The van der Waals surface area contributed by atoms with Crippen LogP contribution in [-0.2, 0) is 11.2 Å². The highest BCUT2D eigenvalue weighted by Gasteiger charge is 2.22. The van der Waals surface area contributed by atoms with Crippen LogP contribution in [0.3, 0.4) is 0 Å². The van der Waals surface area contributed by atoms with Gasteiger partial charge in [-0.15, -0.1) is 11.3 Å². The first-order valence-corrected chi connectivity index (χ1v) is 10.4. The highest BCUT2D eigenvalue weighted by Crippen LogP contribution is 2.25. The Balaban J connectivity index is 1.34. The Bertz CT molecular complexity index is 982. The maximum absolute atomic E-state index is 13.1.